The van der Waals surface area contributed by atoms with Gasteiger partial charge in [0.2, 0.25) is 5.91 Å². The number of nitrogen functional groups attached to an aromatic ring is 1. The number of anilines is 1. The average molecular weight is 235 g/mol. The highest BCUT2D eigenvalue weighted by atomic mass is 16.2. The number of hydrogen-bond donors (Lipinski definition) is 2. The number of likely N-dealkylation sites (N-methyl/N-ethyl adjacent to an activating group) is 1. The second-order valence-electron chi connectivity index (χ2n) is 4.18. The molecule has 1 saturated heterocycles. The fourth-order valence-electron chi connectivity index (χ4n) is 1.88. The molecule has 0 saturated carbocycles. The lowest BCUT2D eigenvalue weighted by Gasteiger charge is -2.32. The highest BCUT2D eigenvalue weighted by Gasteiger charge is 2.21. The normalized spacial score (nSPS) is 17.3. The van der Waals surface area contributed by atoms with E-state index in [1.807, 2.05) is 19.2 Å². The molecular weight excluding hydrogens is 218 g/mol. The van der Waals surface area contributed by atoms with Crippen molar-refractivity contribution in [2.45, 2.75) is 6.54 Å². The van der Waals surface area contributed by atoms with Gasteiger partial charge >= 0.3 is 0 Å². The van der Waals surface area contributed by atoms with E-state index in [2.05, 4.69) is 15.3 Å². The Labute approximate surface area is 100 Å². The molecule has 1 fully saturated rings. The predicted octanol–water partition coefficient (Wildman–Crippen LogP) is -0.359. The number of carbonyl (C=O) groups is 1. The van der Waals surface area contributed by atoms with E-state index in [0.29, 0.717) is 18.9 Å². The maximum Gasteiger partial charge on any atom is 0.236 e. The zero-order chi connectivity index (χ0) is 12.3. The Balaban J connectivity index is 2.03. The summed E-state index contributed by atoms with van der Waals surface area (Å²) in [4.78, 5) is 19.6. The lowest BCUT2D eigenvalue weighted by molar-refractivity contribution is -0.134. The van der Waals surface area contributed by atoms with E-state index in [9.17, 15) is 4.79 Å². The smallest absolute Gasteiger partial charge is 0.236 e. The molecule has 1 aliphatic rings. The van der Waals surface area contributed by atoms with Crippen LogP contribution in [0.15, 0.2) is 18.3 Å². The van der Waals surface area contributed by atoms with Crippen LogP contribution in [0, 0.1) is 0 Å². The molecule has 2 rings (SSSR count). The molecule has 0 spiro atoms. The van der Waals surface area contributed by atoms with Gasteiger partial charge in [-0.05, 0) is 6.07 Å². The third kappa shape index (κ3) is 2.72. The number of nitrogens with zero attached hydrogens (tertiary/aromatic N) is 3. The van der Waals surface area contributed by atoms with Crippen LogP contribution >= 0.6 is 0 Å². The van der Waals surface area contributed by atoms with Gasteiger partial charge in [-0.15, -0.1) is 0 Å². The first-order chi connectivity index (χ1) is 8.20. The molecule has 0 aliphatic carbocycles. The Bertz CT molecular complexity index is 409. The fraction of sp³-hybridized carbons (Fsp3) is 0.455. The van der Waals surface area contributed by atoms with Gasteiger partial charge in [-0.1, -0.05) is 6.07 Å². The summed E-state index contributed by atoms with van der Waals surface area (Å²) in [5.41, 5.74) is 3.58. The number of pyridine rings is 1. The Morgan fingerprint density at radius 3 is 3.06 bits per heavy atom. The van der Waals surface area contributed by atoms with Crippen molar-refractivity contribution in [3.63, 3.8) is 0 Å². The van der Waals surface area contributed by atoms with E-state index in [0.717, 1.165) is 18.7 Å². The van der Waals surface area contributed by atoms with Gasteiger partial charge in [-0.2, -0.15) is 0 Å². The molecule has 6 nitrogen and oxygen atoms in total. The van der Waals surface area contributed by atoms with E-state index in [1.165, 1.54) is 0 Å². The number of carbonyl (C=O) groups excluding carboxylic acids is 1. The van der Waals surface area contributed by atoms with Gasteiger partial charge in [0.05, 0.1) is 6.54 Å². The Hall–Kier alpha value is -1.66. The van der Waals surface area contributed by atoms with Gasteiger partial charge in [0.15, 0.2) is 0 Å². The molecule has 6 heteroatoms. The molecule has 1 aromatic heterocycles. The number of nitrogens with two attached hydrogens (primary N) is 1. The number of hydrogen-bond acceptors (Lipinski definition) is 5. The largest absolute Gasteiger partial charge is 0.343 e. The molecule has 0 unspecified atom stereocenters. The quantitative estimate of drug-likeness (QED) is 0.553. The lowest BCUT2D eigenvalue weighted by atomic mass is 10.2. The minimum absolute atomic E-state index is 0.155. The van der Waals surface area contributed by atoms with Gasteiger partial charge in [-0.25, -0.2) is 10.8 Å². The van der Waals surface area contributed by atoms with Crippen LogP contribution < -0.4 is 11.3 Å². The van der Waals surface area contributed by atoms with Crippen LogP contribution in [0.2, 0.25) is 0 Å². The minimum atomic E-state index is 0.155. The lowest BCUT2D eigenvalue weighted by Crippen LogP contribution is -2.48. The number of nitrogens with one attached hydrogen (secondary N) is 1. The zero-order valence-corrected chi connectivity index (χ0v) is 9.89. The monoisotopic (exact) mass is 235 g/mol. The van der Waals surface area contributed by atoms with Crippen LogP contribution in [0.4, 0.5) is 5.82 Å². The molecule has 17 heavy (non-hydrogen) atoms. The molecular formula is C11H17N5O. The molecule has 1 amide bonds. The second-order valence-corrected chi connectivity index (χ2v) is 4.18. The third-order valence-electron chi connectivity index (χ3n) is 2.96. The maximum atomic E-state index is 11.6. The van der Waals surface area contributed by atoms with Crippen molar-refractivity contribution in [2.24, 2.45) is 5.84 Å². The molecule has 0 bridgehead atoms. The molecule has 0 radical (unpaired) electrons. The van der Waals surface area contributed by atoms with Crippen molar-refractivity contribution in [3.05, 3.63) is 23.9 Å². The van der Waals surface area contributed by atoms with Gasteiger partial charge in [-0.3, -0.25) is 9.69 Å². The number of aromatic nitrogens is 1. The Morgan fingerprint density at radius 1 is 1.53 bits per heavy atom. The van der Waals surface area contributed by atoms with Crippen molar-refractivity contribution in [1.29, 1.82) is 0 Å². The van der Waals surface area contributed by atoms with Crippen LogP contribution in [-0.2, 0) is 11.3 Å². The standard InChI is InChI=1S/C11H17N5O/c1-15-5-6-16(8-10(15)17)7-9-3-2-4-13-11(9)14-12/h2-4H,5-8,12H2,1H3,(H,13,14). The molecule has 3 N–H and O–H groups in total. The van der Waals surface area contributed by atoms with Crippen LogP contribution in [0.5, 0.6) is 0 Å². The summed E-state index contributed by atoms with van der Waals surface area (Å²) in [6.07, 6.45) is 1.69. The van der Waals surface area contributed by atoms with Crippen molar-refractivity contribution >= 4 is 11.7 Å². The number of hydrazine groups is 1. The molecule has 1 aliphatic heterocycles. The van der Waals surface area contributed by atoms with Crippen LogP contribution in [0.25, 0.3) is 0 Å². The summed E-state index contributed by atoms with van der Waals surface area (Å²) in [6, 6.07) is 3.83. The van der Waals surface area contributed by atoms with E-state index in [4.69, 9.17) is 5.84 Å². The topological polar surface area (TPSA) is 74.5 Å². The van der Waals surface area contributed by atoms with Gasteiger partial charge in [0.1, 0.15) is 5.82 Å². The van der Waals surface area contributed by atoms with E-state index in [-0.39, 0.29) is 5.91 Å². The molecule has 0 aromatic carbocycles. The molecule has 1 aromatic rings. The SMILES string of the molecule is CN1CCN(Cc2cccnc2NN)CC1=O. The minimum Gasteiger partial charge on any atom is -0.343 e. The summed E-state index contributed by atoms with van der Waals surface area (Å²) in [7, 11) is 1.83. The summed E-state index contributed by atoms with van der Waals surface area (Å²) in [5, 5.41) is 0. The first-order valence-electron chi connectivity index (χ1n) is 5.57. The van der Waals surface area contributed by atoms with E-state index >= 15 is 0 Å². The zero-order valence-electron chi connectivity index (χ0n) is 9.89. The third-order valence-corrected chi connectivity index (χ3v) is 2.96. The van der Waals surface area contributed by atoms with Crippen molar-refractivity contribution in [3.8, 4) is 0 Å². The fourth-order valence-corrected chi connectivity index (χ4v) is 1.88. The first kappa shape index (κ1) is 11.8. The first-order valence-corrected chi connectivity index (χ1v) is 5.57. The van der Waals surface area contributed by atoms with Gasteiger partial charge in [0, 0.05) is 38.4 Å². The van der Waals surface area contributed by atoms with Crippen LogP contribution in [0.3, 0.4) is 0 Å². The maximum absolute atomic E-state index is 11.6. The number of rotatable bonds is 3. The second kappa shape index (κ2) is 5.11. The Morgan fingerprint density at radius 2 is 2.35 bits per heavy atom. The molecule has 0 atom stereocenters. The predicted molar refractivity (Wildman–Crippen MR) is 65.0 cm³/mol. The van der Waals surface area contributed by atoms with E-state index < -0.39 is 0 Å². The number of piperazine rings is 1. The summed E-state index contributed by atoms with van der Waals surface area (Å²) >= 11 is 0. The van der Waals surface area contributed by atoms with Crippen molar-refractivity contribution < 1.29 is 4.79 Å². The number of amides is 1. The highest BCUT2D eigenvalue weighted by Crippen LogP contribution is 2.14. The summed E-state index contributed by atoms with van der Waals surface area (Å²) < 4.78 is 0. The summed E-state index contributed by atoms with van der Waals surface area (Å²) in [5.74, 6) is 6.22. The molecule has 92 valence electrons. The van der Waals surface area contributed by atoms with Gasteiger partial charge in [0.25, 0.3) is 0 Å². The van der Waals surface area contributed by atoms with Crippen molar-refractivity contribution in [1.82, 2.24) is 14.8 Å². The average Bonchev–Trinajstić information content (AvgIpc) is 2.34. The van der Waals surface area contributed by atoms with E-state index in [1.54, 1.807) is 11.1 Å². The van der Waals surface area contributed by atoms with Crippen molar-refractivity contribution in [2.75, 3.05) is 32.1 Å². The van der Waals surface area contributed by atoms with Crippen LogP contribution in [-0.4, -0.2) is 47.4 Å². The summed E-state index contributed by atoms with van der Waals surface area (Å²) in [6.45, 7) is 2.79. The molecule has 2 heterocycles. The van der Waals surface area contributed by atoms with Gasteiger partial charge < -0.3 is 10.3 Å². The highest BCUT2D eigenvalue weighted by molar-refractivity contribution is 5.78. The van der Waals surface area contributed by atoms with Crippen LogP contribution in [0.1, 0.15) is 5.56 Å². The Kier molecular flexibility index (Phi) is 3.55.